The minimum absolute atomic E-state index is 0.248. The molecule has 0 fully saturated rings. The summed E-state index contributed by atoms with van der Waals surface area (Å²) in [5, 5.41) is 14.1. The van der Waals surface area contributed by atoms with Crippen LogP contribution in [-0.2, 0) is 0 Å². The Morgan fingerprint density at radius 3 is 2.41 bits per heavy atom. The summed E-state index contributed by atoms with van der Waals surface area (Å²) in [5.41, 5.74) is 3.96. The van der Waals surface area contributed by atoms with Gasteiger partial charge < -0.3 is 15.4 Å². The maximum Gasteiger partial charge on any atom is 0.276 e. The number of hydrogen-bond donors (Lipinski definition) is 2. The van der Waals surface area contributed by atoms with E-state index in [1.807, 2.05) is 57.2 Å². The van der Waals surface area contributed by atoms with Crippen molar-refractivity contribution in [3.8, 4) is 5.75 Å². The molecule has 0 atom stereocenters. The number of anilines is 3. The summed E-state index contributed by atoms with van der Waals surface area (Å²) in [6, 6.07) is 16.8. The third kappa shape index (κ3) is 4.82. The Balaban J connectivity index is 1.70. The second kappa shape index (κ2) is 8.31. The number of ether oxygens (including phenoxy) is 1. The summed E-state index contributed by atoms with van der Waals surface area (Å²) in [5.74, 6) is 0.970. The number of para-hydroxylation sites is 2. The number of hydrogen-bond acceptors (Lipinski definition) is 5. The molecule has 0 bridgehead atoms. The van der Waals surface area contributed by atoms with Crippen LogP contribution in [0.15, 0.2) is 54.6 Å². The van der Waals surface area contributed by atoms with Crippen LogP contribution in [-0.4, -0.2) is 22.7 Å². The number of carbonyl (C=O) groups is 1. The Labute approximate surface area is 158 Å². The van der Waals surface area contributed by atoms with Crippen LogP contribution < -0.4 is 15.4 Å². The van der Waals surface area contributed by atoms with Crippen molar-refractivity contribution in [2.24, 2.45) is 0 Å². The summed E-state index contributed by atoms with van der Waals surface area (Å²) < 4.78 is 5.58. The molecule has 0 radical (unpaired) electrons. The van der Waals surface area contributed by atoms with Gasteiger partial charge in [-0.2, -0.15) is 0 Å². The van der Waals surface area contributed by atoms with Crippen LogP contribution >= 0.6 is 0 Å². The Hall–Kier alpha value is -3.41. The van der Waals surface area contributed by atoms with E-state index in [1.54, 1.807) is 12.1 Å². The van der Waals surface area contributed by atoms with Crippen molar-refractivity contribution in [1.29, 1.82) is 0 Å². The maximum atomic E-state index is 12.4. The van der Waals surface area contributed by atoms with E-state index in [9.17, 15) is 4.79 Å². The Morgan fingerprint density at radius 2 is 1.74 bits per heavy atom. The average Bonchev–Trinajstić information content (AvgIpc) is 2.63. The van der Waals surface area contributed by atoms with Crippen molar-refractivity contribution >= 4 is 23.1 Å². The van der Waals surface area contributed by atoms with E-state index in [0.29, 0.717) is 12.4 Å². The van der Waals surface area contributed by atoms with Crippen molar-refractivity contribution in [1.82, 2.24) is 10.2 Å². The van der Waals surface area contributed by atoms with Gasteiger partial charge in [0.2, 0.25) is 0 Å². The highest BCUT2D eigenvalue weighted by Gasteiger charge is 2.10. The molecule has 3 aromatic rings. The number of carbonyl (C=O) groups excluding carboxylic acids is 1. The molecule has 2 N–H and O–H groups in total. The van der Waals surface area contributed by atoms with Crippen molar-refractivity contribution in [2.75, 3.05) is 17.2 Å². The van der Waals surface area contributed by atoms with Crippen LogP contribution in [0.4, 0.5) is 17.2 Å². The van der Waals surface area contributed by atoms with E-state index < -0.39 is 0 Å². The van der Waals surface area contributed by atoms with Gasteiger partial charge in [0.05, 0.1) is 12.3 Å². The first-order chi connectivity index (χ1) is 13.0. The highest BCUT2D eigenvalue weighted by molar-refractivity contribution is 6.02. The van der Waals surface area contributed by atoms with Crippen molar-refractivity contribution < 1.29 is 9.53 Å². The molecule has 1 heterocycles. The minimum Gasteiger partial charge on any atom is -0.492 e. The van der Waals surface area contributed by atoms with E-state index in [4.69, 9.17) is 4.74 Å². The molecule has 3 rings (SSSR count). The monoisotopic (exact) mass is 362 g/mol. The van der Waals surface area contributed by atoms with Gasteiger partial charge in [-0.15, -0.1) is 10.2 Å². The van der Waals surface area contributed by atoms with Crippen LogP contribution in [0, 0.1) is 13.8 Å². The fourth-order valence-electron chi connectivity index (χ4n) is 2.75. The molecule has 0 aliphatic heterocycles. The van der Waals surface area contributed by atoms with Crippen molar-refractivity contribution in [3.63, 3.8) is 0 Å². The second-order valence-corrected chi connectivity index (χ2v) is 6.19. The fourth-order valence-corrected chi connectivity index (χ4v) is 2.75. The molecule has 0 aliphatic rings. The molecular weight excluding hydrogens is 340 g/mol. The maximum absolute atomic E-state index is 12.4. The summed E-state index contributed by atoms with van der Waals surface area (Å²) >= 11 is 0. The first kappa shape index (κ1) is 18.4. The zero-order valence-corrected chi connectivity index (χ0v) is 15.6. The Morgan fingerprint density at radius 1 is 1.00 bits per heavy atom. The van der Waals surface area contributed by atoms with Crippen molar-refractivity contribution in [2.45, 2.75) is 20.8 Å². The molecule has 2 aromatic carbocycles. The van der Waals surface area contributed by atoms with Crippen LogP contribution in [0.3, 0.4) is 0 Å². The first-order valence-electron chi connectivity index (χ1n) is 8.77. The molecule has 0 spiro atoms. The Bertz CT molecular complexity index is 919. The lowest BCUT2D eigenvalue weighted by molar-refractivity contribution is 0.102. The molecule has 0 saturated heterocycles. The molecule has 138 valence electrons. The lowest BCUT2D eigenvalue weighted by Crippen LogP contribution is -2.14. The van der Waals surface area contributed by atoms with E-state index in [1.165, 1.54) is 0 Å². The number of nitrogens with one attached hydrogen (secondary N) is 2. The molecule has 1 amide bonds. The summed E-state index contributed by atoms with van der Waals surface area (Å²) in [7, 11) is 0. The van der Waals surface area contributed by atoms with Crippen molar-refractivity contribution in [3.05, 3.63) is 71.4 Å². The quantitative estimate of drug-likeness (QED) is 0.676. The zero-order chi connectivity index (χ0) is 19.2. The smallest absolute Gasteiger partial charge is 0.276 e. The standard InChI is InChI=1S/C21H22N4O2/c1-4-27-19-8-6-5-7-17(19)23-20-10-9-18(24-25-20)21(26)22-16-12-14(2)11-15(3)13-16/h5-13H,4H2,1-3H3,(H,22,26)(H,23,25). The number of rotatable bonds is 6. The molecule has 6 heteroatoms. The topological polar surface area (TPSA) is 76.1 Å². The predicted octanol–water partition coefficient (Wildman–Crippen LogP) is 4.49. The normalized spacial score (nSPS) is 10.3. The third-order valence-corrected chi connectivity index (χ3v) is 3.83. The van der Waals surface area contributed by atoms with Gasteiger partial charge in [-0.1, -0.05) is 18.2 Å². The van der Waals surface area contributed by atoms with Gasteiger partial charge >= 0.3 is 0 Å². The Kier molecular flexibility index (Phi) is 5.66. The molecule has 1 aromatic heterocycles. The van der Waals surface area contributed by atoms with Gasteiger partial charge in [-0.05, 0) is 68.3 Å². The predicted molar refractivity (Wildman–Crippen MR) is 107 cm³/mol. The number of benzene rings is 2. The second-order valence-electron chi connectivity index (χ2n) is 6.19. The lowest BCUT2D eigenvalue weighted by atomic mass is 10.1. The molecule has 27 heavy (non-hydrogen) atoms. The SMILES string of the molecule is CCOc1ccccc1Nc1ccc(C(=O)Nc2cc(C)cc(C)c2)nn1. The third-order valence-electron chi connectivity index (χ3n) is 3.83. The van der Waals surface area contributed by atoms with E-state index in [-0.39, 0.29) is 11.6 Å². The zero-order valence-electron chi connectivity index (χ0n) is 15.6. The van der Waals surface area contributed by atoms with Gasteiger partial charge in [0.15, 0.2) is 11.5 Å². The van der Waals surface area contributed by atoms with Gasteiger partial charge in [-0.3, -0.25) is 4.79 Å². The molecular formula is C21H22N4O2. The van der Waals surface area contributed by atoms with E-state index in [2.05, 4.69) is 26.9 Å². The lowest BCUT2D eigenvalue weighted by Gasteiger charge is -2.11. The molecule has 0 aliphatic carbocycles. The van der Waals surface area contributed by atoms with Crippen LogP contribution in [0.5, 0.6) is 5.75 Å². The van der Waals surface area contributed by atoms with E-state index in [0.717, 1.165) is 28.3 Å². The number of aromatic nitrogens is 2. The highest BCUT2D eigenvalue weighted by atomic mass is 16.5. The molecule has 0 unspecified atom stereocenters. The number of aryl methyl sites for hydroxylation is 2. The average molecular weight is 362 g/mol. The van der Waals surface area contributed by atoms with Crippen LogP contribution in [0.2, 0.25) is 0 Å². The first-order valence-corrected chi connectivity index (χ1v) is 8.77. The summed E-state index contributed by atoms with van der Waals surface area (Å²) in [6.45, 7) is 6.48. The number of nitrogens with zero attached hydrogens (tertiary/aromatic N) is 2. The molecule has 6 nitrogen and oxygen atoms in total. The summed E-state index contributed by atoms with van der Waals surface area (Å²) in [6.07, 6.45) is 0. The van der Waals surface area contributed by atoms with E-state index >= 15 is 0 Å². The van der Waals surface area contributed by atoms with Gasteiger partial charge in [0, 0.05) is 5.69 Å². The minimum atomic E-state index is -0.297. The summed E-state index contributed by atoms with van der Waals surface area (Å²) in [4.78, 5) is 12.4. The largest absolute Gasteiger partial charge is 0.492 e. The molecule has 0 saturated carbocycles. The fraction of sp³-hybridized carbons (Fsp3) is 0.190. The number of amides is 1. The van der Waals surface area contributed by atoms with Gasteiger partial charge in [-0.25, -0.2) is 0 Å². The van der Waals surface area contributed by atoms with Crippen LogP contribution in [0.1, 0.15) is 28.5 Å². The van der Waals surface area contributed by atoms with Gasteiger partial charge in [0.1, 0.15) is 5.75 Å². The highest BCUT2D eigenvalue weighted by Crippen LogP contribution is 2.26. The van der Waals surface area contributed by atoms with Gasteiger partial charge in [0.25, 0.3) is 5.91 Å². The van der Waals surface area contributed by atoms with Crippen LogP contribution in [0.25, 0.3) is 0 Å².